The minimum Gasteiger partial charge on any atom is -0.478 e. The molecule has 0 fully saturated rings. The van der Waals surface area contributed by atoms with Crippen LogP contribution in [-0.2, 0) is 0 Å². The van der Waals surface area contributed by atoms with Crippen LogP contribution in [0.3, 0.4) is 0 Å². The molecule has 21 heavy (non-hydrogen) atoms. The molecule has 0 atom stereocenters. The zero-order valence-electron chi connectivity index (χ0n) is 10.9. The quantitative estimate of drug-likeness (QED) is 0.656. The molecule has 0 unspecified atom stereocenters. The van der Waals surface area contributed by atoms with Gasteiger partial charge in [0.05, 0.1) is 11.3 Å². The number of anilines is 2. The Morgan fingerprint density at radius 1 is 1.05 bits per heavy atom. The molecule has 5 heteroatoms. The van der Waals surface area contributed by atoms with Gasteiger partial charge in [0.1, 0.15) is 5.82 Å². The third-order valence-corrected chi connectivity index (χ3v) is 4.09. The fraction of sp³-hybridized carbons (Fsp3) is 0. The second-order valence-electron chi connectivity index (χ2n) is 4.48. The highest BCUT2D eigenvalue weighted by Gasteiger charge is 2.12. The van der Waals surface area contributed by atoms with Gasteiger partial charge in [0, 0.05) is 20.5 Å². The van der Waals surface area contributed by atoms with Crippen molar-refractivity contribution in [3.63, 3.8) is 0 Å². The van der Waals surface area contributed by atoms with E-state index in [4.69, 9.17) is 0 Å². The third kappa shape index (κ3) is 2.69. The number of benzene rings is 2. The molecule has 0 bridgehead atoms. The van der Waals surface area contributed by atoms with Gasteiger partial charge in [-0.15, -0.1) is 0 Å². The largest absolute Gasteiger partial charge is 0.478 e. The number of aromatic nitrogens is 1. The minimum absolute atomic E-state index is 0.207. The summed E-state index contributed by atoms with van der Waals surface area (Å²) in [5.41, 5.74) is 1.15. The first-order chi connectivity index (χ1) is 10.2. The van der Waals surface area contributed by atoms with E-state index in [1.165, 1.54) is 6.20 Å². The number of hydrogen-bond acceptors (Lipinski definition) is 3. The second kappa shape index (κ2) is 5.69. The Balaban J connectivity index is 2.14. The zero-order chi connectivity index (χ0) is 14.8. The van der Waals surface area contributed by atoms with Gasteiger partial charge in [0.2, 0.25) is 0 Å². The Morgan fingerprint density at radius 2 is 1.71 bits per heavy atom. The molecule has 1 heterocycles. The van der Waals surface area contributed by atoms with Gasteiger partial charge in [-0.3, -0.25) is 0 Å². The van der Waals surface area contributed by atoms with E-state index in [9.17, 15) is 9.90 Å². The Morgan fingerprint density at radius 3 is 2.43 bits per heavy atom. The summed E-state index contributed by atoms with van der Waals surface area (Å²) in [5, 5.41) is 14.0. The van der Waals surface area contributed by atoms with E-state index in [0.29, 0.717) is 11.2 Å². The zero-order valence-corrected chi connectivity index (χ0v) is 13.0. The SMILES string of the molecule is O=C(O)c1cnc(Nc2ccccc2I)c2ccccc12. The van der Waals surface area contributed by atoms with Gasteiger partial charge in [0.15, 0.2) is 0 Å². The van der Waals surface area contributed by atoms with Crippen molar-refractivity contribution in [1.29, 1.82) is 0 Å². The van der Waals surface area contributed by atoms with Crippen LogP contribution in [0.1, 0.15) is 10.4 Å². The molecule has 0 saturated heterocycles. The predicted molar refractivity (Wildman–Crippen MR) is 91.1 cm³/mol. The third-order valence-electron chi connectivity index (χ3n) is 3.15. The number of carbonyl (C=O) groups is 1. The molecule has 2 aromatic carbocycles. The number of aromatic carboxylic acids is 1. The maximum absolute atomic E-state index is 11.3. The smallest absolute Gasteiger partial charge is 0.337 e. The molecule has 3 aromatic rings. The van der Waals surface area contributed by atoms with E-state index in [2.05, 4.69) is 32.9 Å². The summed E-state index contributed by atoms with van der Waals surface area (Å²) in [4.78, 5) is 15.5. The molecule has 104 valence electrons. The fourth-order valence-corrected chi connectivity index (χ4v) is 2.68. The van der Waals surface area contributed by atoms with Crippen molar-refractivity contribution in [2.75, 3.05) is 5.32 Å². The maximum Gasteiger partial charge on any atom is 0.337 e. The molecule has 3 rings (SSSR count). The number of rotatable bonds is 3. The number of nitrogens with one attached hydrogen (secondary N) is 1. The monoisotopic (exact) mass is 390 g/mol. The molecule has 0 aliphatic carbocycles. The van der Waals surface area contributed by atoms with Crippen molar-refractivity contribution >= 4 is 50.8 Å². The number of nitrogens with zero attached hydrogens (tertiary/aromatic N) is 1. The van der Waals surface area contributed by atoms with E-state index in [0.717, 1.165) is 14.6 Å². The van der Waals surface area contributed by atoms with E-state index in [1.807, 2.05) is 42.5 Å². The van der Waals surface area contributed by atoms with E-state index in [1.54, 1.807) is 6.07 Å². The molecular formula is C16H11IN2O2. The van der Waals surface area contributed by atoms with Gasteiger partial charge >= 0.3 is 5.97 Å². The fourth-order valence-electron chi connectivity index (χ4n) is 2.15. The Kier molecular flexibility index (Phi) is 3.74. The van der Waals surface area contributed by atoms with Crippen LogP contribution in [-0.4, -0.2) is 16.1 Å². The van der Waals surface area contributed by atoms with Gasteiger partial charge in [-0.2, -0.15) is 0 Å². The van der Waals surface area contributed by atoms with Crippen molar-refractivity contribution in [3.05, 3.63) is 63.9 Å². The lowest BCUT2D eigenvalue weighted by Crippen LogP contribution is -2.02. The normalized spacial score (nSPS) is 10.5. The number of carboxylic acids is 1. The minimum atomic E-state index is -0.973. The summed E-state index contributed by atoms with van der Waals surface area (Å²) >= 11 is 2.24. The standard InChI is InChI=1S/C16H11IN2O2/c17-13-7-3-4-8-14(13)19-15-11-6-2-1-5-10(11)12(9-18-15)16(20)21/h1-9H,(H,18,19)(H,20,21). The summed E-state index contributed by atoms with van der Waals surface area (Å²) < 4.78 is 1.07. The summed E-state index contributed by atoms with van der Waals surface area (Å²) in [6.07, 6.45) is 1.39. The topological polar surface area (TPSA) is 62.2 Å². The van der Waals surface area contributed by atoms with Crippen LogP contribution in [0, 0.1) is 3.57 Å². The van der Waals surface area contributed by atoms with Crippen LogP contribution in [0.15, 0.2) is 54.7 Å². The molecule has 0 amide bonds. The molecule has 2 N–H and O–H groups in total. The summed E-state index contributed by atoms with van der Waals surface area (Å²) in [5.74, 6) is -0.320. The lowest BCUT2D eigenvalue weighted by molar-refractivity contribution is 0.0698. The summed E-state index contributed by atoms with van der Waals surface area (Å²) in [6, 6.07) is 15.2. The highest BCUT2D eigenvalue weighted by molar-refractivity contribution is 14.1. The Labute approximate surface area is 135 Å². The lowest BCUT2D eigenvalue weighted by atomic mass is 10.1. The Hall–Kier alpha value is -2.15. The Bertz CT molecular complexity index is 833. The average Bonchev–Trinajstić information content (AvgIpc) is 2.49. The number of para-hydroxylation sites is 1. The van der Waals surface area contributed by atoms with Crippen LogP contribution < -0.4 is 5.32 Å². The molecule has 0 saturated carbocycles. The van der Waals surface area contributed by atoms with Crippen LogP contribution in [0.25, 0.3) is 10.8 Å². The van der Waals surface area contributed by atoms with Gasteiger partial charge < -0.3 is 10.4 Å². The van der Waals surface area contributed by atoms with Crippen LogP contribution in [0.4, 0.5) is 11.5 Å². The highest BCUT2D eigenvalue weighted by Crippen LogP contribution is 2.28. The van der Waals surface area contributed by atoms with E-state index in [-0.39, 0.29) is 5.56 Å². The molecule has 0 spiro atoms. The molecule has 0 aliphatic heterocycles. The average molecular weight is 390 g/mol. The van der Waals surface area contributed by atoms with Gasteiger partial charge in [0.25, 0.3) is 0 Å². The van der Waals surface area contributed by atoms with Crippen LogP contribution >= 0.6 is 22.6 Å². The predicted octanol–water partition coefficient (Wildman–Crippen LogP) is 4.28. The number of pyridine rings is 1. The first-order valence-electron chi connectivity index (χ1n) is 6.29. The lowest BCUT2D eigenvalue weighted by Gasteiger charge is -2.11. The summed E-state index contributed by atoms with van der Waals surface area (Å²) in [6.45, 7) is 0. The molecule has 0 aliphatic rings. The number of halogens is 1. The van der Waals surface area contributed by atoms with Crippen LogP contribution in [0.5, 0.6) is 0 Å². The van der Waals surface area contributed by atoms with Crippen molar-refractivity contribution < 1.29 is 9.90 Å². The number of carboxylic acid groups (broad SMARTS) is 1. The maximum atomic E-state index is 11.3. The summed E-state index contributed by atoms with van der Waals surface area (Å²) in [7, 11) is 0. The van der Waals surface area contributed by atoms with E-state index < -0.39 is 5.97 Å². The van der Waals surface area contributed by atoms with Crippen molar-refractivity contribution in [1.82, 2.24) is 4.98 Å². The van der Waals surface area contributed by atoms with Gasteiger partial charge in [-0.05, 0) is 34.7 Å². The van der Waals surface area contributed by atoms with Gasteiger partial charge in [-0.25, -0.2) is 9.78 Å². The van der Waals surface area contributed by atoms with Crippen molar-refractivity contribution in [2.45, 2.75) is 0 Å². The molecule has 0 radical (unpaired) electrons. The first-order valence-corrected chi connectivity index (χ1v) is 7.37. The first kappa shape index (κ1) is 13.8. The molecule has 1 aromatic heterocycles. The number of fused-ring (bicyclic) bond motifs is 1. The molecular weight excluding hydrogens is 379 g/mol. The van der Waals surface area contributed by atoms with Gasteiger partial charge in [-0.1, -0.05) is 36.4 Å². The van der Waals surface area contributed by atoms with Crippen molar-refractivity contribution in [3.8, 4) is 0 Å². The highest BCUT2D eigenvalue weighted by atomic mass is 127. The van der Waals surface area contributed by atoms with Crippen molar-refractivity contribution in [2.24, 2.45) is 0 Å². The second-order valence-corrected chi connectivity index (χ2v) is 5.64. The van der Waals surface area contributed by atoms with Crippen LogP contribution in [0.2, 0.25) is 0 Å². The number of hydrogen-bond donors (Lipinski definition) is 2. The molecule has 4 nitrogen and oxygen atoms in total. The van der Waals surface area contributed by atoms with E-state index >= 15 is 0 Å².